The summed E-state index contributed by atoms with van der Waals surface area (Å²) < 4.78 is 54.3. The van der Waals surface area contributed by atoms with Crippen LogP contribution in [-0.2, 0) is 15.7 Å². The van der Waals surface area contributed by atoms with Gasteiger partial charge in [0.25, 0.3) is 5.91 Å². The average molecular weight is 404 g/mol. The lowest BCUT2D eigenvalue weighted by atomic mass is 10.1. The molecule has 146 valence electrons. The molecule has 0 unspecified atom stereocenters. The Bertz CT molecular complexity index is 783. The van der Waals surface area contributed by atoms with E-state index < -0.39 is 24.3 Å². The molecule has 1 N–H and O–H groups in total. The van der Waals surface area contributed by atoms with Gasteiger partial charge in [-0.15, -0.1) is 0 Å². The molecule has 2 aromatic rings. The van der Waals surface area contributed by atoms with Crippen LogP contribution in [0.25, 0.3) is 0 Å². The number of ether oxygens (including phenoxy) is 3. The van der Waals surface area contributed by atoms with Crippen molar-refractivity contribution in [3.8, 4) is 11.5 Å². The number of carbonyl (C=O) groups excluding carboxylic acids is 1. The third-order valence-corrected chi connectivity index (χ3v) is 3.53. The molecule has 2 rings (SSSR count). The number of carbonyl (C=O) groups is 1. The molecule has 0 aliphatic rings. The largest absolute Gasteiger partial charge is 0.489 e. The summed E-state index contributed by atoms with van der Waals surface area (Å²) in [6.07, 6.45) is -4.55. The van der Waals surface area contributed by atoms with E-state index in [-0.39, 0.29) is 24.7 Å². The number of nitrogens with one attached hydrogen (secondary N) is 1. The molecule has 0 bridgehead atoms. The number of hydrogen-bond donors (Lipinski definition) is 1. The molecule has 9 heteroatoms. The van der Waals surface area contributed by atoms with Crippen LogP contribution in [0.3, 0.4) is 0 Å². The predicted octanol–water partition coefficient (Wildman–Crippen LogP) is 4.40. The van der Waals surface area contributed by atoms with Gasteiger partial charge in [-0.25, -0.2) is 0 Å². The van der Waals surface area contributed by atoms with Crippen LogP contribution in [0.1, 0.15) is 5.56 Å². The average Bonchev–Trinajstić information content (AvgIpc) is 2.60. The van der Waals surface area contributed by atoms with E-state index >= 15 is 0 Å². The van der Waals surface area contributed by atoms with Gasteiger partial charge in [0.1, 0.15) is 18.1 Å². The minimum atomic E-state index is -4.55. The third kappa shape index (κ3) is 6.65. The molecule has 0 heterocycles. The van der Waals surface area contributed by atoms with Crippen molar-refractivity contribution in [2.45, 2.75) is 6.18 Å². The van der Waals surface area contributed by atoms with Gasteiger partial charge in [-0.05, 0) is 36.4 Å². The highest BCUT2D eigenvalue weighted by molar-refractivity contribution is 6.30. The van der Waals surface area contributed by atoms with Crippen molar-refractivity contribution in [2.75, 3.05) is 32.2 Å². The molecule has 2 aromatic carbocycles. The Morgan fingerprint density at radius 3 is 2.56 bits per heavy atom. The van der Waals surface area contributed by atoms with Gasteiger partial charge >= 0.3 is 6.18 Å². The van der Waals surface area contributed by atoms with Gasteiger partial charge in [0.15, 0.2) is 6.61 Å². The van der Waals surface area contributed by atoms with Gasteiger partial charge in [-0.1, -0.05) is 17.7 Å². The molecule has 0 saturated heterocycles. The van der Waals surface area contributed by atoms with Crippen LogP contribution in [0.2, 0.25) is 5.02 Å². The van der Waals surface area contributed by atoms with Crippen molar-refractivity contribution >= 4 is 23.2 Å². The van der Waals surface area contributed by atoms with E-state index in [0.717, 1.165) is 18.2 Å². The predicted molar refractivity (Wildman–Crippen MR) is 94.4 cm³/mol. The SMILES string of the molecule is COCCOc1ccc(C(F)(F)F)cc1NC(=O)COc1cccc(Cl)c1. The number of hydrogen-bond acceptors (Lipinski definition) is 4. The molecule has 5 nitrogen and oxygen atoms in total. The first-order valence-corrected chi connectivity index (χ1v) is 8.18. The maximum Gasteiger partial charge on any atom is 0.416 e. The van der Waals surface area contributed by atoms with Crippen LogP contribution in [0.15, 0.2) is 42.5 Å². The molecule has 0 atom stereocenters. The van der Waals surface area contributed by atoms with Gasteiger partial charge in [-0.2, -0.15) is 13.2 Å². The van der Waals surface area contributed by atoms with Crippen LogP contribution in [0.4, 0.5) is 18.9 Å². The number of benzene rings is 2. The van der Waals surface area contributed by atoms with Crippen LogP contribution in [-0.4, -0.2) is 32.8 Å². The second kappa shape index (κ2) is 9.48. The second-order valence-corrected chi connectivity index (χ2v) is 5.78. The first-order chi connectivity index (χ1) is 12.8. The molecule has 0 radical (unpaired) electrons. The maximum atomic E-state index is 12.9. The van der Waals surface area contributed by atoms with Crippen LogP contribution in [0, 0.1) is 0 Å². The minimum Gasteiger partial charge on any atom is -0.489 e. The number of methoxy groups -OCH3 is 1. The van der Waals surface area contributed by atoms with Gasteiger partial charge in [0.05, 0.1) is 17.9 Å². The fourth-order valence-electron chi connectivity index (χ4n) is 2.06. The number of rotatable bonds is 8. The summed E-state index contributed by atoms with van der Waals surface area (Å²) in [4.78, 5) is 12.1. The van der Waals surface area contributed by atoms with Gasteiger partial charge in [-0.3, -0.25) is 4.79 Å². The van der Waals surface area contributed by atoms with E-state index in [9.17, 15) is 18.0 Å². The molecule has 0 spiro atoms. The summed E-state index contributed by atoms with van der Waals surface area (Å²) in [5.74, 6) is -0.194. The molecule has 0 saturated carbocycles. The Morgan fingerprint density at radius 1 is 1.11 bits per heavy atom. The lowest BCUT2D eigenvalue weighted by molar-refractivity contribution is -0.137. The summed E-state index contributed by atoms with van der Waals surface area (Å²) in [5.41, 5.74) is -1.02. The van der Waals surface area contributed by atoms with Crippen molar-refractivity contribution in [2.24, 2.45) is 0 Å². The molecule has 0 aromatic heterocycles. The van der Waals surface area contributed by atoms with E-state index in [4.69, 9.17) is 25.8 Å². The lowest BCUT2D eigenvalue weighted by Gasteiger charge is -2.15. The summed E-state index contributed by atoms with van der Waals surface area (Å²) >= 11 is 5.82. The number of anilines is 1. The normalized spacial score (nSPS) is 11.1. The lowest BCUT2D eigenvalue weighted by Crippen LogP contribution is -2.21. The van der Waals surface area contributed by atoms with E-state index in [1.807, 2.05) is 0 Å². The zero-order valence-corrected chi connectivity index (χ0v) is 15.1. The first-order valence-electron chi connectivity index (χ1n) is 7.81. The Morgan fingerprint density at radius 2 is 1.89 bits per heavy atom. The quantitative estimate of drug-likeness (QED) is 0.664. The summed E-state index contributed by atoms with van der Waals surface area (Å²) in [6.45, 7) is -0.0515. The van der Waals surface area contributed by atoms with E-state index in [2.05, 4.69) is 5.32 Å². The Hall–Kier alpha value is -2.45. The molecular formula is C18H17ClF3NO4. The molecule has 0 fully saturated rings. The molecule has 0 aliphatic carbocycles. The smallest absolute Gasteiger partial charge is 0.416 e. The third-order valence-electron chi connectivity index (χ3n) is 3.29. The molecule has 0 aliphatic heterocycles. The Kier molecular flexibility index (Phi) is 7.32. The van der Waals surface area contributed by atoms with Crippen molar-refractivity contribution in [3.05, 3.63) is 53.1 Å². The number of halogens is 4. The topological polar surface area (TPSA) is 56.8 Å². The minimum absolute atomic E-state index is 0.0937. The molecule has 27 heavy (non-hydrogen) atoms. The monoisotopic (exact) mass is 403 g/mol. The van der Waals surface area contributed by atoms with Crippen molar-refractivity contribution in [1.82, 2.24) is 0 Å². The molecular weight excluding hydrogens is 387 g/mol. The summed E-state index contributed by atoms with van der Waals surface area (Å²) in [7, 11) is 1.46. The summed E-state index contributed by atoms with van der Waals surface area (Å²) in [5, 5.41) is 2.80. The van der Waals surface area contributed by atoms with Crippen molar-refractivity contribution < 1.29 is 32.2 Å². The van der Waals surface area contributed by atoms with E-state index in [1.165, 1.54) is 13.2 Å². The summed E-state index contributed by atoms with van der Waals surface area (Å²) in [6, 6.07) is 9.22. The maximum absolute atomic E-state index is 12.9. The fourth-order valence-corrected chi connectivity index (χ4v) is 2.24. The Labute approximate surface area is 159 Å². The highest BCUT2D eigenvalue weighted by Gasteiger charge is 2.31. The molecule has 1 amide bonds. The standard InChI is InChI=1S/C18H17ClF3NO4/c1-25-7-8-26-16-6-5-12(18(20,21)22)9-15(16)23-17(24)11-27-14-4-2-3-13(19)10-14/h2-6,9-10H,7-8,11H2,1H3,(H,23,24). The fraction of sp³-hybridized carbons (Fsp3) is 0.278. The van der Waals surface area contributed by atoms with Crippen LogP contribution in [0.5, 0.6) is 11.5 Å². The number of amides is 1. The second-order valence-electron chi connectivity index (χ2n) is 5.34. The van der Waals surface area contributed by atoms with Gasteiger partial charge < -0.3 is 19.5 Å². The van der Waals surface area contributed by atoms with E-state index in [0.29, 0.717) is 10.8 Å². The van der Waals surface area contributed by atoms with Crippen LogP contribution < -0.4 is 14.8 Å². The van der Waals surface area contributed by atoms with Gasteiger partial charge in [0, 0.05) is 12.1 Å². The van der Waals surface area contributed by atoms with Crippen molar-refractivity contribution in [1.29, 1.82) is 0 Å². The zero-order valence-electron chi connectivity index (χ0n) is 14.3. The van der Waals surface area contributed by atoms with Crippen LogP contribution >= 0.6 is 11.6 Å². The zero-order chi connectivity index (χ0) is 19.9. The Balaban J connectivity index is 2.09. The van der Waals surface area contributed by atoms with E-state index in [1.54, 1.807) is 18.2 Å². The van der Waals surface area contributed by atoms with Crippen molar-refractivity contribution in [3.63, 3.8) is 0 Å². The van der Waals surface area contributed by atoms with Gasteiger partial charge in [0.2, 0.25) is 0 Å². The first kappa shape index (κ1) is 20.9. The highest BCUT2D eigenvalue weighted by Crippen LogP contribution is 2.35. The highest BCUT2D eigenvalue weighted by atomic mass is 35.5. The number of alkyl halides is 3.